The number of hydrogen-bond donors (Lipinski definition) is 3. The third-order valence-electron chi connectivity index (χ3n) is 5.15. The normalized spacial score (nSPS) is 30.9. The van der Waals surface area contributed by atoms with Crippen LogP contribution < -0.4 is 0 Å². The first-order valence-corrected chi connectivity index (χ1v) is 10.7. The minimum absolute atomic E-state index is 0.00414. The van der Waals surface area contributed by atoms with Gasteiger partial charge in [0.15, 0.2) is 12.5 Å². The van der Waals surface area contributed by atoms with Crippen molar-refractivity contribution in [3.05, 3.63) is 4.91 Å². The van der Waals surface area contributed by atoms with Crippen molar-refractivity contribution in [2.75, 3.05) is 19.0 Å². The molecule has 0 aromatic heterocycles. The first-order valence-electron chi connectivity index (χ1n) is 10.1. The molecule has 11 heteroatoms. The maximum Gasteiger partial charge on any atom is 0.345 e. The minimum Gasteiger partial charge on any atom is -0.387 e. The summed E-state index contributed by atoms with van der Waals surface area (Å²) in [5.74, 6) is -0.0449. The third kappa shape index (κ3) is 6.22. The van der Waals surface area contributed by atoms with Gasteiger partial charge in [-0.25, -0.2) is 4.79 Å². The zero-order chi connectivity index (χ0) is 21.6. The Morgan fingerprint density at radius 1 is 1.17 bits per heavy atom. The highest BCUT2D eigenvalue weighted by molar-refractivity contribution is 6.18. The molecule has 0 radical (unpaired) electrons. The topological polar surface area (TPSA) is 132 Å². The Kier molecular flexibility index (Phi) is 9.51. The van der Waals surface area contributed by atoms with Gasteiger partial charge in [-0.15, -0.1) is 16.5 Å². The van der Waals surface area contributed by atoms with E-state index < -0.39 is 36.9 Å². The van der Waals surface area contributed by atoms with Gasteiger partial charge in [-0.2, -0.15) is 5.01 Å². The molecule has 1 aliphatic carbocycles. The number of carbonyl (C=O) groups excluding carboxylic acids is 1. The summed E-state index contributed by atoms with van der Waals surface area (Å²) in [5.41, 5.74) is 0. The van der Waals surface area contributed by atoms with E-state index in [9.17, 15) is 25.0 Å². The number of nitrogens with zero attached hydrogens (tertiary/aromatic N) is 3. The van der Waals surface area contributed by atoms with E-state index in [0.717, 1.165) is 37.0 Å². The molecule has 1 saturated heterocycles. The Balaban J connectivity index is 2.21. The molecule has 2 aliphatic rings. The van der Waals surface area contributed by atoms with Gasteiger partial charge in [0.05, 0.1) is 17.9 Å². The van der Waals surface area contributed by atoms with Crippen LogP contribution in [0.5, 0.6) is 0 Å². The Morgan fingerprint density at radius 3 is 2.38 bits per heavy atom. The number of aliphatic hydroxyl groups excluding tert-OH is 3. The van der Waals surface area contributed by atoms with Crippen molar-refractivity contribution in [3.63, 3.8) is 0 Å². The molecule has 3 N–H and O–H groups in total. The molecule has 0 aromatic rings. The first-order chi connectivity index (χ1) is 13.8. The zero-order valence-corrected chi connectivity index (χ0v) is 17.6. The van der Waals surface area contributed by atoms with E-state index in [-0.39, 0.29) is 31.0 Å². The lowest BCUT2D eigenvalue weighted by Crippen LogP contribution is -2.65. The standard InChI is InChI=1S/C18H32ClN3O7/c1-11(2)10-21(18(26)22(20-27)9-8-19)16-14(24)13(23)15(25)17(29-16)28-12-6-4-3-5-7-12/h11-17,23-25H,3-10H2,1-2H3/t13-,14+,15+,16?,17+/m1/s1. The Morgan fingerprint density at radius 2 is 1.83 bits per heavy atom. The predicted molar refractivity (Wildman–Crippen MR) is 105 cm³/mol. The van der Waals surface area contributed by atoms with Gasteiger partial charge in [0.25, 0.3) is 0 Å². The zero-order valence-electron chi connectivity index (χ0n) is 16.9. The van der Waals surface area contributed by atoms with Gasteiger partial charge >= 0.3 is 6.03 Å². The van der Waals surface area contributed by atoms with Gasteiger partial charge in [-0.05, 0) is 18.8 Å². The third-order valence-corrected chi connectivity index (χ3v) is 5.32. The summed E-state index contributed by atoms with van der Waals surface area (Å²) in [6.07, 6.45) is -2.59. The van der Waals surface area contributed by atoms with Gasteiger partial charge in [0.1, 0.15) is 18.3 Å². The summed E-state index contributed by atoms with van der Waals surface area (Å²) < 4.78 is 11.6. The fraction of sp³-hybridized carbons (Fsp3) is 0.944. The van der Waals surface area contributed by atoms with Crippen LogP contribution in [0.25, 0.3) is 0 Å². The molecule has 2 rings (SSSR count). The molecular formula is C18H32ClN3O7. The molecular weight excluding hydrogens is 406 g/mol. The minimum atomic E-state index is -1.59. The number of carbonyl (C=O) groups is 1. The van der Waals surface area contributed by atoms with E-state index in [1.54, 1.807) is 0 Å². The van der Waals surface area contributed by atoms with E-state index in [2.05, 4.69) is 5.29 Å². The fourth-order valence-corrected chi connectivity index (χ4v) is 3.84. The molecule has 1 saturated carbocycles. The maximum atomic E-state index is 12.9. The largest absolute Gasteiger partial charge is 0.387 e. The average molecular weight is 438 g/mol. The van der Waals surface area contributed by atoms with E-state index in [0.29, 0.717) is 5.01 Å². The number of amides is 2. The quantitative estimate of drug-likeness (QED) is 0.297. The number of ether oxygens (including phenoxy) is 2. The fourth-order valence-electron chi connectivity index (χ4n) is 3.68. The molecule has 0 spiro atoms. The van der Waals surface area contributed by atoms with E-state index >= 15 is 0 Å². The predicted octanol–water partition coefficient (Wildman–Crippen LogP) is 1.40. The summed E-state index contributed by atoms with van der Waals surface area (Å²) in [7, 11) is 0. The summed E-state index contributed by atoms with van der Waals surface area (Å²) >= 11 is 5.63. The monoisotopic (exact) mass is 437 g/mol. The van der Waals surface area contributed by atoms with Gasteiger partial charge in [-0.3, -0.25) is 4.90 Å². The van der Waals surface area contributed by atoms with Crippen molar-refractivity contribution in [3.8, 4) is 0 Å². The van der Waals surface area contributed by atoms with Crippen molar-refractivity contribution in [2.45, 2.75) is 82.9 Å². The Hall–Kier alpha value is -1.04. The highest BCUT2D eigenvalue weighted by atomic mass is 35.5. The molecule has 0 bridgehead atoms. The molecule has 5 atom stereocenters. The summed E-state index contributed by atoms with van der Waals surface area (Å²) in [6.45, 7) is 3.69. The molecule has 0 aromatic carbocycles. The SMILES string of the molecule is CC(C)CN(C(=O)N(CCCl)N=O)C1O[C@H](OC2CCCCC2)[C@@H](O)[C@H](O)[C@@H]1O. The van der Waals surface area contributed by atoms with Gasteiger partial charge in [-0.1, -0.05) is 33.1 Å². The number of nitroso groups, excluding NO2 is 1. The number of alkyl halides is 1. The molecule has 29 heavy (non-hydrogen) atoms. The summed E-state index contributed by atoms with van der Waals surface area (Å²) in [4.78, 5) is 25.1. The lowest BCUT2D eigenvalue weighted by Gasteiger charge is -2.46. The van der Waals surface area contributed by atoms with Crippen LogP contribution in [0.15, 0.2) is 5.29 Å². The number of aliphatic hydroxyl groups is 3. The van der Waals surface area contributed by atoms with Crippen molar-refractivity contribution in [1.29, 1.82) is 0 Å². The van der Waals surface area contributed by atoms with Gasteiger partial charge in [0.2, 0.25) is 0 Å². The van der Waals surface area contributed by atoms with Crippen LogP contribution in [0.3, 0.4) is 0 Å². The number of urea groups is 1. The smallest absolute Gasteiger partial charge is 0.345 e. The lowest BCUT2D eigenvalue weighted by molar-refractivity contribution is -0.328. The van der Waals surface area contributed by atoms with E-state index in [1.165, 1.54) is 0 Å². The number of halogens is 1. The van der Waals surface area contributed by atoms with Crippen LogP contribution in [0, 0.1) is 10.8 Å². The Labute approximate surface area is 175 Å². The molecule has 2 fully saturated rings. The molecule has 1 unspecified atom stereocenters. The molecule has 1 heterocycles. The van der Waals surface area contributed by atoms with Crippen LogP contribution in [-0.2, 0) is 9.47 Å². The number of rotatable bonds is 8. The average Bonchev–Trinajstić information content (AvgIpc) is 2.71. The number of hydrogen-bond acceptors (Lipinski definition) is 8. The van der Waals surface area contributed by atoms with Crippen LogP contribution in [0.1, 0.15) is 46.0 Å². The highest BCUT2D eigenvalue weighted by Gasteiger charge is 2.49. The lowest BCUT2D eigenvalue weighted by atomic mass is 9.97. The summed E-state index contributed by atoms with van der Waals surface area (Å²) in [6, 6.07) is -0.807. The van der Waals surface area contributed by atoms with Crippen LogP contribution in [0.2, 0.25) is 0 Å². The Bertz CT molecular complexity index is 536. The van der Waals surface area contributed by atoms with Crippen LogP contribution in [0.4, 0.5) is 4.79 Å². The highest BCUT2D eigenvalue weighted by Crippen LogP contribution is 2.29. The van der Waals surface area contributed by atoms with Crippen molar-refractivity contribution >= 4 is 17.6 Å². The van der Waals surface area contributed by atoms with E-state index in [4.69, 9.17) is 21.1 Å². The maximum absolute atomic E-state index is 12.9. The second kappa shape index (κ2) is 11.4. The molecule has 10 nitrogen and oxygen atoms in total. The first kappa shape index (κ1) is 24.2. The van der Waals surface area contributed by atoms with Crippen molar-refractivity contribution < 1.29 is 29.6 Å². The van der Waals surface area contributed by atoms with E-state index in [1.807, 2.05) is 13.8 Å². The molecule has 1 aliphatic heterocycles. The van der Waals surface area contributed by atoms with Gasteiger partial charge in [0, 0.05) is 12.4 Å². The van der Waals surface area contributed by atoms with Crippen LogP contribution in [-0.4, -0.2) is 87.2 Å². The second-order valence-electron chi connectivity index (χ2n) is 7.99. The second-order valence-corrected chi connectivity index (χ2v) is 8.36. The van der Waals surface area contributed by atoms with Crippen molar-refractivity contribution in [1.82, 2.24) is 9.91 Å². The van der Waals surface area contributed by atoms with Gasteiger partial charge < -0.3 is 24.8 Å². The molecule has 2 amide bonds. The van der Waals surface area contributed by atoms with Crippen LogP contribution >= 0.6 is 11.6 Å². The van der Waals surface area contributed by atoms with Crippen molar-refractivity contribution in [2.24, 2.45) is 11.2 Å². The molecule has 168 valence electrons. The summed E-state index contributed by atoms with van der Waals surface area (Å²) in [5, 5.41) is 34.5.